The molecule has 0 spiro atoms. The second-order valence-electron chi connectivity index (χ2n) is 12.9. The van der Waals surface area contributed by atoms with Crippen LogP contribution in [0.25, 0.3) is 16.9 Å². The normalized spacial score (nSPS) is 22.2. The monoisotopic (exact) mass is 559 g/mol. The van der Waals surface area contributed by atoms with Gasteiger partial charge in [-0.2, -0.15) is 5.26 Å². The number of piperazine rings is 1. The number of carbonyl (C=O) groups excluding carboxylic acids is 1. The summed E-state index contributed by atoms with van der Waals surface area (Å²) in [7, 11) is -0.677. The summed E-state index contributed by atoms with van der Waals surface area (Å²) in [4.78, 5) is 30.9. The van der Waals surface area contributed by atoms with Gasteiger partial charge < -0.3 is 23.8 Å². The van der Waals surface area contributed by atoms with E-state index in [0.29, 0.717) is 30.1 Å². The van der Waals surface area contributed by atoms with Crippen molar-refractivity contribution in [3.8, 4) is 11.9 Å². The second kappa shape index (κ2) is 9.99. The maximum atomic E-state index is 13.0. The molecule has 2 aliphatic rings. The number of hydrogen-bond donors (Lipinski definition) is 0. The third-order valence-corrected chi connectivity index (χ3v) is 8.11. The minimum atomic E-state index is -0.677. The summed E-state index contributed by atoms with van der Waals surface area (Å²) in [6.45, 7) is 18.8. The lowest BCUT2D eigenvalue weighted by molar-refractivity contribution is 0.00578. The Morgan fingerprint density at radius 2 is 1.78 bits per heavy atom. The summed E-state index contributed by atoms with van der Waals surface area (Å²) in [6, 6.07) is 5.38. The van der Waals surface area contributed by atoms with E-state index in [-0.39, 0.29) is 18.2 Å². The molecule has 41 heavy (non-hydrogen) atoms. The Morgan fingerprint density at radius 1 is 1.10 bits per heavy atom. The van der Waals surface area contributed by atoms with Gasteiger partial charge in [-0.05, 0) is 74.4 Å². The van der Waals surface area contributed by atoms with Crippen LogP contribution >= 0.6 is 0 Å². The quantitative estimate of drug-likeness (QED) is 0.441. The number of nitriles is 1. The van der Waals surface area contributed by atoms with E-state index in [0.717, 1.165) is 16.7 Å². The number of ether oxygens (including phenoxy) is 1. The molecule has 0 saturated carbocycles. The van der Waals surface area contributed by atoms with E-state index in [1.807, 2.05) is 66.2 Å². The third kappa shape index (κ3) is 5.24. The average Bonchev–Trinajstić information content (AvgIpc) is 3.37. The van der Waals surface area contributed by atoms with Gasteiger partial charge in [0.05, 0.1) is 28.2 Å². The van der Waals surface area contributed by atoms with Crippen LogP contribution in [-0.2, 0) is 14.0 Å². The van der Waals surface area contributed by atoms with Crippen LogP contribution in [0.5, 0.6) is 0 Å². The molecular weight excluding hydrogens is 521 g/mol. The molecular formula is C29H38BN7O4. The molecule has 0 aromatic carbocycles. The van der Waals surface area contributed by atoms with Gasteiger partial charge in [-0.1, -0.05) is 0 Å². The highest BCUT2D eigenvalue weighted by atomic mass is 16.7. The zero-order valence-electron chi connectivity index (χ0n) is 25.3. The Balaban J connectivity index is 1.62. The van der Waals surface area contributed by atoms with Gasteiger partial charge in [0.25, 0.3) is 0 Å². The van der Waals surface area contributed by atoms with E-state index < -0.39 is 23.9 Å². The van der Waals surface area contributed by atoms with Crippen molar-refractivity contribution in [2.24, 2.45) is 0 Å². The van der Waals surface area contributed by atoms with Crippen LogP contribution in [0.15, 0.2) is 30.9 Å². The van der Waals surface area contributed by atoms with Gasteiger partial charge in [0.2, 0.25) is 0 Å². The van der Waals surface area contributed by atoms with Crippen molar-refractivity contribution in [1.82, 2.24) is 24.4 Å². The van der Waals surface area contributed by atoms with Crippen molar-refractivity contribution in [3.05, 3.63) is 36.4 Å². The van der Waals surface area contributed by atoms with Gasteiger partial charge in [-0.15, -0.1) is 0 Å². The molecule has 11 nitrogen and oxygen atoms in total. The standard InChI is InChI=1S/C29H38BN7O4/c1-18-15-36(26(38)39-27(3,4)5)19(2)14-35(18)24-23-21(30-40-28(6,7)29(8,9)41-30)16-37(25(23)34-17-33-24)22-12-20(13-31)10-11-32-22/h10-12,16-19H,14-15H2,1-9H3/t18-,19+/m0/s1. The van der Waals surface area contributed by atoms with Crippen LogP contribution in [0, 0.1) is 11.3 Å². The molecule has 0 unspecified atom stereocenters. The number of anilines is 1. The van der Waals surface area contributed by atoms with E-state index in [4.69, 9.17) is 19.0 Å². The van der Waals surface area contributed by atoms with Crippen LogP contribution in [0.3, 0.4) is 0 Å². The zero-order valence-corrected chi connectivity index (χ0v) is 25.3. The van der Waals surface area contributed by atoms with Gasteiger partial charge in [0.15, 0.2) is 5.65 Å². The lowest BCUT2D eigenvalue weighted by Crippen LogP contribution is -2.59. The average molecular weight is 559 g/mol. The highest BCUT2D eigenvalue weighted by Crippen LogP contribution is 2.38. The van der Waals surface area contributed by atoms with Crippen molar-refractivity contribution in [2.45, 2.75) is 91.2 Å². The smallest absolute Gasteiger partial charge is 0.444 e. The van der Waals surface area contributed by atoms with Gasteiger partial charge in [0, 0.05) is 43.0 Å². The van der Waals surface area contributed by atoms with Gasteiger partial charge in [-0.3, -0.25) is 4.57 Å². The fourth-order valence-electron chi connectivity index (χ4n) is 5.23. The molecule has 2 aliphatic heterocycles. The molecule has 12 heteroatoms. The van der Waals surface area contributed by atoms with Crippen molar-refractivity contribution in [3.63, 3.8) is 0 Å². The molecule has 3 aromatic rings. The molecule has 0 aliphatic carbocycles. The summed E-state index contributed by atoms with van der Waals surface area (Å²) >= 11 is 0. The summed E-state index contributed by atoms with van der Waals surface area (Å²) in [5.41, 5.74) is 0.199. The molecule has 0 bridgehead atoms. The molecule has 5 heterocycles. The predicted octanol–water partition coefficient (Wildman–Crippen LogP) is 3.82. The van der Waals surface area contributed by atoms with Crippen LogP contribution in [0.2, 0.25) is 0 Å². The summed E-state index contributed by atoms with van der Waals surface area (Å²) in [6.07, 6.45) is 4.74. The number of amides is 1. The fourth-order valence-corrected chi connectivity index (χ4v) is 5.23. The molecule has 2 fully saturated rings. The minimum absolute atomic E-state index is 0.0636. The van der Waals surface area contributed by atoms with E-state index in [9.17, 15) is 10.1 Å². The van der Waals surface area contributed by atoms with Gasteiger partial charge in [-0.25, -0.2) is 19.7 Å². The van der Waals surface area contributed by atoms with Gasteiger partial charge in [0.1, 0.15) is 23.6 Å². The van der Waals surface area contributed by atoms with Crippen LogP contribution < -0.4 is 10.4 Å². The Bertz CT molecular complexity index is 1510. The van der Waals surface area contributed by atoms with Crippen molar-refractivity contribution < 1.29 is 18.8 Å². The molecule has 2 atom stereocenters. The molecule has 5 rings (SSSR count). The van der Waals surface area contributed by atoms with Crippen molar-refractivity contribution in [1.29, 1.82) is 5.26 Å². The van der Waals surface area contributed by atoms with Gasteiger partial charge >= 0.3 is 13.2 Å². The first kappa shape index (κ1) is 28.8. The lowest BCUT2D eigenvalue weighted by atomic mass is 9.79. The number of fused-ring (bicyclic) bond motifs is 1. The second-order valence-corrected chi connectivity index (χ2v) is 12.9. The highest BCUT2D eigenvalue weighted by molar-refractivity contribution is 6.65. The first-order chi connectivity index (χ1) is 19.1. The molecule has 3 aromatic heterocycles. The van der Waals surface area contributed by atoms with E-state index in [2.05, 4.69) is 27.9 Å². The number of carbonyl (C=O) groups is 1. The van der Waals surface area contributed by atoms with E-state index in [1.54, 1.807) is 23.2 Å². The third-order valence-electron chi connectivity index (χ3n) is 8.11. The first-order valence-corrected chi connectivity index (χ1v) is 14.0. The lowest BCUT2D eigenvalue weighted by Gasteiger charge is -2.44. The highest BCUT2D eigenvalue weighted by Gasteiger charge is 2.53. The first-order valence-electron chi connectivity index (χ1n) is 14.0. The van der Waals surface area contributed by atoms with Crippen LogP contribution in [-0.4, -0.2) is 79.6 Å². The Kier molecular flexibility index (Phi) is 7.03. The number of hydrogen-bond acceptors (Lipinski definition) is 9. The van der Waals surface area contributed by atoms with E-state index >= 15 is 0 Å². The Labute approximate surface area is 241 Å². The SMILES string of the molecule is C[C@@H]1CN(c2ncnc3c2c(B2OC(C)(C)C(C)(C)O2)cn3-c2cc(C#N)ccn2)[C@@H](C)CN1C(=O)OC(C)(C)C. The number of rotatable bonds is 3. The molecule has 0 radical (unpaired) electrons. The summed E-state index contributed by atoms with van der Waals surface area (Å²) < 4.78 is 20.5. The number of aromatic nitrogens is 4. The van der Waals surface area contributed by atoms with Crippen LogP contribution in [0.4, 0.5) is 10.6 Å². The molecule has 0 N–H and O–H groups in total. The molecule has 1 amide bonds. The molecule has 216 valence electrons. The number of nitrogens with zero attached hydrogens (tertiary/aromatic N) is 7. The topological polar surface area (TPSA) is 119 Å². The predicted molar refractivity (Wildman–Crippen MR) is 156 cm³/mol. The summed E-state index contributed by atoms with van der Waals surface area (Å²) in [5, 5.41) is 10.3. The zero-order chi connectivity index (χ0) is 29.9. The van der Waals surface area contributed by atoms with E-state index in [1.165, 1.54) is 6.33 Å². The molecule has 2 saturated heterocycles. The summed E-state index contributed by atoms with van der Waals surface area (Å²) in [5.74, 6) is 1.27. The largest absolute Gasteiger partial charge is 0.497 e. The van der Waals surface area contributed by atoms with Crippen LogP contribution in [0.1, 0.15) is 67.9 Å². The number of pyridine rings is 1. The van der Waals surface area contributed by atoms with Crippen molar-refractivity contribution in [2.75, 3.05) is 18.0 Å². The van der Waals surface area contributed by atoms with Crippen molar-refractivity contribution >= 4 is 35.5 Å². The maximum absolute atomic E-state index is 13.0. The Hall–Kier alpha value is -3.69. The fraction of sp³-hybridized carbons (Fsp3) is 0.552. The Morgan fingerprint density at radius 3 is 2.41 bits per heavy atom. The maximum Gasteiger partial charge on any atom is 0.497 e. The minimum Gasteiger partial charge on any atom is -0.444 e.